The summed E-state index contributed by atoms with van der Waals surface area (Å²) >= 11 is 0.0881. The average molecular weight is 241 g/mol. The van der Waals surface area contributed by atoms with Crippen molar-refractivity contribution in [2.45, 2.75) is 44.2 Å². The molecule has 1 nitrogen and oxygen atoms in total. The predicted octanol–water partition coefficient (Wildman–Crippen LogP) is 3.41. The van der Waals surface area contributed by atoms with Gasteiger partial charge in [0.2, 0.25) is 0 Å². The fourth-order valence-electron chi connectivity index (χ4n) is 1.46. The van der Waals surface area contributed by atoms with Crippen LogP contribution in [0.1, 0.15) is 32.6 Å². The molecule has 0 amide bonds. The van der Waals surface area contributed by atoms with E-state index < -0.39 is 5.51 Å². The molecular formula is C10H18F3NS. The van der Waals surface area contributed by atoms with Gasteiger partial charge in [-0.15, -0.1) is 0 Å². The second-order valence-electron chi connectivity index (χ2n) is 4.22. The molecule has 0 aromatic heterocycles. The van der Waals surface area contributed by atoms with Crippen LogP contribution in [0.25, 0.3) is 0 Å². The van der Waals surface area contributed by atoms with Gasteiger partial charge in [-0.05, 0) is 31.7 Å². The van der Waals surface area contributed by atoms with Gasteiger partial charge >= 0.3 is 5.51 Å². The number of thioether (sulfide) groups is 1. The highest BCUT2D eigenvalue weighted by Crippen LogP contribution is 2.31. The number of nitrogens with one attached hydrogen (secondary N) is 1. The number of halogens is 3. The molecule has 1 rings (SSSR count). The lowest BCUT2D eigenvalue weighted by Crippen LogP contribution is -2.37. The van der Waals surface area contributed by atoms with E-state index in [-0.39, 0.29) is 17.5 Å². The summed E-state index contributed by atoms with van der Waals surface area (Å²) in [5, 5.41) is 3.38. The molecule has 1 unspecified atom stereocenters. The first-order valence-electron chi connectivity index (χ1n) is 5.41. The first kappa shape index (κ1) is 13.2. The molecule has 0 radical (unpaired) electrons. The second kappa shape index (κ2) is 5.99. The molecule has 1 aliphatic carbocycles. The molecule has 1 aliphatic rings. The molecule has 90 valence electrons. The predicted molar refractivity (Wildman–Crippen MR) is 57.9 cm³/mol. The van der Waals surface area contributed by atoms with Gasteiger partial charge < -0.3 is 5.32 Å². The molecule has 1 N–H and O–H groups in total. The molecule has 1 fully saturated rings. The van der Waals surface area contributed by atoms with Crippen molar-refractivity contribution >= 4 is 11.8 Å². The fraction of sp³-hybridized carbons (Fsp3) is 1.00. The van der Waals surface area contributed by atoms with E-state index in [1.54, 1.807) is 0 Å². The standard InChI is InChI=1S/C10H18F3NS/c1-8(5-6-15-10(11,12)13)7-14-9-3-2-4-9/h8-9,14H,2-7H2,1H3. The quantitative estimate of drug-likeness (QED) is 0.765. The molecule has 0 aliphatic heterocycles. The topological polar surface area (TPSA) is 12.0 Å². The Morgan fingerprint density at radius 2 is 2.07 bits per heavy atom. The van der Waals surface area contributed by atoms with Gasteiger partial charge in [0, 0.05) is 11.8 Å². The van der Waals surface area contributed by atoms with E-state index in [1.165, 1.54) is 19.3 Å². The minimum absolute atomic E-state index is 0.0881. The van der Waals surface area contributed by atoms with Gasteiger partial charge in [0.25, 0.3) is 0 Å². The van der Waals surface area contributed by atoms with Crippen molar-refractivity contribution in [2.24, 2.45) is 5.92 Å². The van der Waals surface area contributed by atoms with E-state index in [9.17, 15) is 13.2 Å². The van der Waals surface area contributed by atoms with E-state index in [0.29, 0.717) is 18.4 Å². The van der Waals surface area contributed by atoms with Crippen LogP contribution in [0.4, 0.5) is 13.2 Å². The summed E-state index contributed by atoms with van der Waals surface area (Å²) in [6, 6.07) is 0.628. The van der Waals surface area contributed by atoms with Crippen LogP contribution in [0.5, 0.6) is 0 Å². The zero-order chi connectivity index (χ0) is 11.3. The van der Waals surface area contributed by atoms with Crippen molar-refractivity contribution in [3.05, 3.63) is 0 Å². The normalized spacial score (nSPS) is 20.0. The largest absolute Gasteiger partial charge is 0.441 e. The Hall–Kier alpha value is 0.1000. The van der Waals surface area contributed by atoms with Gasteiger partial charge in [0.15, 0.2) is 0 Å². The fourth-order valence-corrected chi connectivity index (χ4v) is 2.21. The van der Waals surface area contributed by atoms with Crippen molar-refractivity contribution in [1.29, 1.82) is 0 Å². The maximum Gasteiger partial charge on any atom is 0.441 e. The Kier molecular flexibility index (Phi) is 5.26. The number of rotatable bonds is 6. The highest BCUT2D eigenvalue weighted by atomic mass is 32.2. The Morgan fingerprint density at radius 3 is 2.53 bits per heavy atom. The van der Waals surface area contributed by atoms with E-state index in [0.717, 1.165) is 6.54 Å². The Balaban J connectivity index is 1.95. The van der Waals surface area contributed by atoms with E-state index in [1.807, 2.05) is 6.92 Å². The maximum absolute atomic E-state index is 11.8. The van der Waals surface area contributed by atoms with Crippen molar-refractivity contribution in [3.8, 4) is 0 Å². The van der Waals surface area contributed by atoms with Crippen LogP contribution in [0, 0.1) is 5.92 Å². The highest BCUT2D eigenvalue weighted by molar-refractivity contribution is 8.00. The third-order valence-electron chi connectivity index (χ3n) is 2.74. The smallest absolute Gasteiger partial charge is 0.314 e. The molecule has 0 aromatic rings. The Morgan fingerprint density at radius 1 is 1.40 bits per heavy atom. The number of hydrogen-bond acceptors (Lipinski definition) is 2. The van der Waals surface area contributed by atoms with Gasteiger partial charge in [-0.1, -0.05) is 25.1 Å². The molecule has 0 spiro atoms. The van der Waals surface area contributed by atoms with Crippen LogP contribution in [-0.2, 0) is 0 Å². The van der Waals surface area contributed by atoms with Crippen LogP contribution in [-0.4, -0.2) is 23.8 Å². The van der Waals surface area contributed by atoms with Crippen LogP contribution < -0.4 is 5.32 Å². The lowest BCUT2D eigenvalue weighted by atomic mass is 9.92. The summed E-state index contributed by atoms with van der Waals surface area (Å²) < 4.78 is 35.5. The van der Waals surface area contributed by atoms with Gasteiger partial charge in [-0.25, -0.2) is 0 Å². The van der Waals surface area contributed by atoms with Gasteiger partial charge in [0.1, 0.15) is 0 Å². The summed E-state index contributed by atoms with van der Waals surface area (Å²) in [4.78, 5) is 0. The van der Waals surface area contributed by atoms with Gasteiger partial charge in [-0.2, -0.15) is 13.2 Å². The minimum Gasteiger partial charge on any atom is -0.314 e. The molecule has 15 heavy (non-hydrogen) atoms. The minimum atomic E-state index is -4.07. The summed E-state index contributed by atoms with van der Waals surface area (Å²) in [7, 11) is 0. The van der Waals surface area contributed by atoms with E-state index in [2.05, 4.69) is 5.32 Å². The summed E-state index contributed by atoms with van der Waals surface area (Å²) in [6.07, 6.45) is 4.37. The number of alkyl halides is 3. The monoisotopic (exact) mass is 241 g/mol. The highest BCUT2D eigenvalue weighted by Gasteiger charge is 2.27. The van der Waals surface area contributed by atoms with Crippen molar-refractivity contribution in [2.75, 3.05) is 12.3 Å². The summed E-state index contributed by atoms with van der Waals surface area (Å²) in [5.74, 6) is 0.511. The zero-order valence-electron chi connectivity index (χ0n) is 8.94. The Labute approximate surface area is 93.2 Å². The molecule has 5 heteroatoms. The second-order valence-corrected chi connectivity index (χ2v) is 5.38. The summed E-state index contributed by atoms with van der Waals surface area (Å²) in [5.41, 5.74) is -4.07. The van der Waals surface area contributed by atoms with Gasteiger partial charge in [-0.3, -0.25) is 0 Å². The molecule has 0 saturated heterocycles. The summed E-state index contributed by atoms with van der Waals surface area (Å²) in [6.45, 7) is 2.85. The van der Waals surface area contributed by atoms with Gasteiger partial charge in [0.05, 0.1) is 0 Å². The SMILES string of the molecule is CC(CCSC(F)(F)F)CNC1CCC1. The molecule has 0 heterocycles. The molecule has 0 bridgehead atoms. The van der Waals surface area contributed by atoms with Crippen molar-refractivity contribution in [3.63, 3.8) is 0 Å². The third kappa shape index (κ3) is 6.30. The maximum atomic E-state index is 11.8. The number of hydrogen-bond donors (Lipinski definition) is 1. The zero-order valence-corrected chi connectivity index (χ0v) is 9.76. The lowest BCUT2D eigenvalue weighted by molar-refractivity contribution is -0.0328. The van der Waals surface area contributed by atoms with E-state index in [4.69, 9.17) is 0 Å². The molecule has 0 aromatic carbocycles. The van der Waals surface area contributed by atoms with E-state index >= 15 is 0 Å². The van der Waals surface area contributed by atoms with Crippen LogP contribution in [0.3, 0.4) is 0 Å². The van der Waals surface area contributed by atoms with Crippen LogP contribution in [0.15, 0.2) is 0 Å². The first-order valence-corrected chi connectivity index (χ1v) is 6.40. The molecule has 1 atom stereocenters. The van der Waals surface area contributed by atoms with Crippen LogP contribution in [0.2, 0.25) is 0 Å². The van der Waals surface area contributed by atoms with Crippen LogP contribution >= 0.6 is 11.8 Å². The molecular weight excluding hydrogens is 223 g/mol. The molecule has 1 saturated carbocycles. The van der Waals surface area contributed by atoms with Crippen molar-refractivity contribution < 1.29 is 13.2 Å². The van der Waals surface area contributed by atoms with Crippen molar-refractivity contribution in [1.82, 2.24) is 5.32 Å². The Bertz CT molecular complexity index is 180. The average Bonchev–Trinajstić information content (AvgIpc) is 1.98. The lowest BCUT2D eigenvalue weighted by Gasteiger charge is -2.28. The third-order valence-corrected chi connectivity index (χ3v) is 3.50. The first-order chi connectivity index (χ1) is 6.97.